The molecule has 2 aromatic rings. The van der Waals surface area contributed by atoms with Gasteiger partial charge in [-0.2, -0.15) is 11.8 Å². The van der Waals surface area contributed by atoms with Crippen molar-refractivity contribution in [2.75, 3.05) is 18.8 Å². The number of halogens is 1. The summed E-state index contributed by atoms with van der Waals surface area (Å²) >= 11 is 10.1. The number of aliphatic carboxylic acids is 1. The smallest absolute Gasteiger partial charge is 0.353 e. The Morgan fingerprint density at radius 3 is 2.87 bits per heavy atom. The predicted octanol–water partition coefficient (Wildman–Crippen LogP) is 2.13. The van der Waals surface area contributed by atoms with Gasteiger partial charge in [-0.25, -0.2) is 9.78 Å². The highest BCUT2D eigenvalue weighted by atomic mass is 35.5. The van der Waals surface area contributed by atoms with E-state index in [1.165, 1.54) is 16.7 Å². The van der Waals surface area contributed by atoms with Crippen LogP contribution in [0, 0.1) is 0 Å². The SMILES string of the molecule is Nc1nc(/C(=N/O)C(=O)N[C@@H]2C(=O)N3C(C(=O)O)=C(Sc4cccnc4CSC4CCNC4)CC[C@H]23)c(Cl)s1. The Morgan fingerprint density at radius 1 is 1.38 bits per heavy atom. The number of nitrogen functional groups attached to an aromatic ring is 1. The molecule has 3 aliphatic heterocycles. The number of rotatable bonds is 9. The van der Waals surface area contributed by atoms with Crippen LogP contribution in [0.3, 0.4) is 0 Å². The van der Waals surface area contributed by atoms with Crippen molar-refractivity contribution in [3.63, 3.8) is 0 Å². The Bertz CT molecular complexity index is 1380. The summed E-state index contributed by atoms with van der Waals surface area (Å²) in [5, 5.41) is 28.9. The number of pyridine rings is 1. The van der Waals surface area contributed by atoms with Gasteiger partial charge < -0.3 is 26.7 Å². The van der Waals surface area contributed by atoms with Gasteiger partial charge in [0.2, 0.25) is 0 Å². The molecule has 206 valence electrons. The molecule has 3 atom stereocenters. The highest BCUT2D eigenvalue weighted by molar-refractivity contribution is 8.03. The number of carbonyl (C=O) groups excluding carboxylic acids is 2. The second kappa shape index (κ2) is 11.7. The van der Waals surface area contributed by atoms with E-state index in [-0.39, 0.29) is 20.9 Å². The largest absolute Gasteiger partial charge is 0.477 e. The van der Waals surface area contributed by atoms with E-state index < -0.39 is 35.6 Å². The number of anilines is 1. The van der Waals surface area contributed by atoms with Gasteiger partial charge in [0.15, 0.2) is 10.8 Å². The number of carbonyl (C=O) groups is 3. The highest BCUT2D eigenvalue weighted by Crippen LogP contribution is 2.44. The molecule has 0 saturated carbocycles. The van der Waals surface area contributed by atoms with Gasteiger partial charge in [-0.3, -0.25) is 19.5 Å². The van der Waals surface area contributed by atoms with Crippen molar-refractivity contribution >= 4 is 75.1 Å². The number of thiazole rings is 1. The third-order valence-corrected chi connectivity index (χ3v) is 10.2. The zero-order valence-corrected chi connectivity index (χ0v) is 23.5. The fourth-order valence-electron chi connectivity index (χ4n) is 4.73. The zero-order chi connectivity index (χ0) is 27.7. The maximum absolute atomic E-state index is 13.1. The lowest BCUT2D eigenvalue weighted by Gasteiger charge is -2.50. The van der Waals surface area contributed by atoms with Crippen molar-refractivity contribution in [3.05, 3.63) is 44.7 Å². The molecule has 2 amide bonds. The number of nitrogens with two attached hydrogens (primary N) is 1. The Kier molecular flexibility index (Phi) is 8.32. The Balaban J connectivity index is 1.31. The molecule has 2 fully saturated rings. The summed E-state index contributed by atoms with van der Waals surface area (Å²) in [5.74, 6) is -1.97. The Labute approximate surface area is 240 Å². The maximum Gasteiger partial charge on any atom is 0.353 e. The van der Waals surface area contributed by atoms with Crippen LogP contribution in [0.5, 0.6) is 0 Å². The molecular weight excluding hydrogens is 586 g/mol. The van der Waals surface area contributed by atoms with Crippen LogP contribution in [-0.2, 0) is 20.1 Å². The molecule has 3 aliphatic rings. The highest BCUT2D eigenvalue weighted by Gasteiger charge is 2.54. The molecule has 2 saturated heterocycles. The van der Waals surface area contributed by atoms with Gasteiger partial charge in [0.05, 0.1) is 11.7 Å². The molecule has 1 unspecified atom stereocenters. The first-order valence-electron chi connectivity index (χ1n) is 12.0. The van der Waals surface area contributed by atoms with Crippen molar-refractivity contribution in [3.8, 4) is 0 Å². The summed E-state index contributed by atoms with van der Waals surface area (Å²) in [5.41, 5.74) is 5.79. The van der Waals surface area contributed by atoms with Crippen LogP contribution in [0.25, 0.3) is 0 Å². The standard InChI is InChI=1S/C23H24ClN7O5S3/c24-19-16(29-23(25)39-19)17(30-36)20(32)28-15-12-3-4-14(18(22(34)35)31(12)21(15)33)38-13-2-1-6-27-11(13)9-37-10-5-7-26-8-10/h1-2,6,10,12,15,26,36H,3-5,7-9H2,(H2,25,29)(H,28,32)(H,34,35)/b30-17-/t10?,12-,15+/m1/s1. The molecule has 12 nitrogen and oxygen atoms in total. The van der Waals surface area contributed by atoms with Crippen molar-refractivity contribution in [2.45, 2.75) is 47.2 Å². The lowest BCUT2D eigenvalue weighted by atomic mass is 9.86. The van der Waals surface area contributed by atoms with E-state index in [9.17, 15) is 24.7 Å². The topological polar surface area (TPSA) is 183 Å². The predicted molar refractivity (Wildman–Crippen MR) is 149 cm³/mol. The van der Waals surface area contributed by atoms with Crippen LogP contribution >= 0.6 is 46.5 Å². The van der Waals surface area contributed by atoms with Crippen molar-refractivity contribution in [1.29, 1.82) is 0 Å². The Morgan fingerprint density at radius 2 is 2.21 bits per heavy atom. The number of nitrogens with one attached hydrogen (secondary N) is 2. The molecule has 0 bridgehead atoms. The Hall–Kier alpha value is -2.85. The van der Waals surface area contributed by atoms with E-state index >= 15 is 0 Å². The average Bonchev–Trinajstić information content (AvgIpc) is 3.55. The number of allylic oxidation sites excluding steroid dienone is 1. The minimum absolute atomic E-state index is 0.0560. The molecule has 16 heteroatoms. The first-order valence-corrected chi connectivity index (χ1v) is 15.0. The van der Waals surface area contributed by atoms with E-state index in [1.807, 2.05) is 23.9 Å². The van der Waals surface area contributed by atoms with Crippen LogP contribution in [-0.4, -0.2) is 79.1 Å². The van der Waals surface area contributed by atoms with E-state index in [2.05, 4.69) is 25.8 Å². The molecule has 5 heterocycles. The molecule has 0 spiro atoms. The second-order valence-corrected chi connectivity index (χ2v) is 13.0. The number of hydrogen-bond donors (Lipinski definition) is 5. The maximum atomic E-state index is 13.1. The quantitative estimate of drug-likeness (QED) is 0.121. The van der Waals surface area contributed by atoms with Crippen molar-refractivity contribution < 1.29 is 24.7 Å². The molecular formula is C23H24ClN7O5S3. The molecule has 39 heavy (non-hydrogen) atoms. The summed E-state index contributed by atoms with van der Waals surface area (Å²) < 4.78 is 0.0560. The molecule has 0 aliphatic carbocycles. The first kappa shape index (κ1) is 27.7. The van der Waals surface area contributed by atoms with Gasteiger partial charge >= 0.3 is 5.97 Å². The van der Waals surface area contributed by atoms with Gasteiger partial charge in [0.25, 0.3) is 11.8 Å². The van der Waals surface area contributed by atoms with E-state index in [4.69, 9.17) is 17.3 Å². The molecule has 0 aromatic carbocycles. The minimum Gasteiger partial charge on any atom is -0.477 e. The summed E-state index contributed by atoms with van der Waals surface area (Å²) in [6, 6.07) is 2.16. The van der Waals surface area contributed by atoms with Gasteiger partial charge in [-0.1, -0.05) is 39.9 Å². The number of thioether (sulfide) groups is 2. The van der Waals surface area contributed by atoms with Crippen LogP contribution in [0.15, 0.2) is 39.0 Å². The number of carboxylic acid groups (broad SMARTS) is 1. The van der Waals surface area contributed by atoms with Gasteiger partial charge in [-0.15, -0.1) is 0 Å². The number of hydrogen-bond acceptors (Lipinski definition) is 12. The fraction of sp³-hybridized carbons (Fsp3) is 0.391. The number of aromatic nitrogens is 2. The molecule has 5 rings (SSSR count). The summed E-state index contributed by atoms with van der Waals surface area (Å²) in [6.45, 7) is 1.96. The monoisotopic (exact) mass is 609 g/mol. The number of amides is 2. The molecule has 2 aromatic heterocycles. The van der Waals surface area contributed by atoms with Crippen molar-refractivity contribution in [1.82, 2.24) is 25.5 Å². The molecule has 6 N–H and O–H groups in total. The van der Waals surface area contributed by atoms with Crippen molar-refractivity contribution in [2.24, 2.45) is 5.16 Å². The minimum atomic E-state index is -1.22. The lowest BCUT2D eigenvalue weighted by molar-refractivity contribution is -0.155. The molecule has 0 radical (unpaired) electrons. The third-order valence-electron chi connectivity index (χ3n) is 6.58. The van der Waals surface area contributed by atoms with Crippen LogP contribution < -0.4 is 16.4 Å². The van der Waals surface area contributed by atoms with Crippen LogP contribution in [0.1, 0.15) is 30.7 Å². The van der Waals surface area contributed by atoms with Crippen LogP contribution in [0.4, 0.5) is 5.13 Å². The van der Waals surface area contributed by atoms with E-state index in [0.29, 0.717) is 28.7 Å². The normalized spacial score (nSPS) is 23.0. The number of fused-ring (bicyclic) bond motifs is 1. The number of nitrogens with zero attached hydrogens (tertiary/aromatic N) is 4. The van der Waals surface area contributed by atoms with Gasteiger partial charge in [-0.05, 0) is 37.9 Å². The van der Waals surface area contributed by atoms with E-state index in [0.717, 1.165) is 41.4 Å². The van der Waals surface area contributed by atoms with E-state index in [1.54, 1.807) is 6.20 Å². The summed E-state index contributed by atoms with van der Waals surface area (Å²) in [4.78, 5) is 49.3. The number of β-lactam (4-membered cyclic amide) rings is 1. The summed E-state index contributed by atoms with van der Waals surface area (Å²) in [6.07, 6.45) is 3.65. The number of oxime groups is 1. The van der Waals surface area contributed by atoms with Gasteiger partial charge in [0.1, 0.15) is 21.8 Å². The fourth-order valence-corrected chi connectivity index (χ4v) is 8.05. The average molecular weight is 610 g/mol. The van der Waals surface area contributed by atoms with Crippen LogP contribution in [0.2, 0.25) is 4.34 Å². The van der Waals surface area contributed by atoms with Gasteiger partial charge in [0, 0.05) is 33.5 Å². The summed E-state index contributed by atoms with van der Waals surface area (Å²) in [7, 11) is 0. The second-order valence-electron chi connectivity index (χ2n) is 8.94. The third kappa shape index (κ3) is 5.59. The zero-order valence-electron chi connectivity index (χ0n) is 20.3. The lowest BCUT2D eigenvalue weighted by Crippen LogP contribution is -2.72. The first-order chi connectivity index (χ1) is 18.8. The number of carboxylic acids is 1.